The second-order valence-corrected chi connectivity index (χ2v) is 6.04. The van der Waals surface area contributed by atoms with Gasteiger partial charge in [-0.3, -0.25) is 4.79 Å². The number of amides is 1. The number of carbonyl (C=O) groups excluding carboxylic acids is 1. The number of aromatic nitrogens is 1. The Bertz CT molecular complexity index is 913. The standard InChI is InChI=1S/C18H14Cl2N2O/c19-14-7-5-13(16(20)9-14)11-22-10-12(6-8-18(21)23)15-3-1-2-4-17(15)22/h1-10H,11H2,(H2,21,23)/b8-6-. The molecular weight excluding hydrogens is 331 g/mol. The minimum absolute atomic E-state index is 0.470. The normalized spacial score (nSPS) is 11.4. The fourth-order valence-electron chi connectivity index (χ4n) is 2.54. The van der Waals surface area contributed by atoms with Crippen molar-refractivity contribution in [1.29, 1.82) is 0 Å². The van der Waals surface area contributed by atoms with Gasteiger partial charge in [0.1, 0.15) is 0 Å². The molecule has 23 heavy (non-hydrogen) atoms. The number of halogens is 2. The van der Waals surface area contributed by atoms with Crippen LogP contribution in [0, 0.1) is 0 Å². The molecule has 3 rings (SSSR count). The van der Waals surface area contributed by atoms with Crippen molar-refractivity contribution in [1.82, 2.24) is 4.57 Å². The summed E-state index contributed by atoms with van der Waals surface area (Å²) in [5, 5.41) is 2.29. The average Bonchev–Trinajstić information content (AvgIpc) is 2.86. The fourth-order valence-corrected chi connectivity index (χ4v) is 3.01. The Kier molecular flexibility index (Phi) is 4.42. The first-order chi connectivity index (χ1) is 11.0. The number of hydrogen-bond donors (Lipinski definition) is 1. The number of nitrogens with zero attached hydrogens (tertiary/aromatic N) is 1. The lowest BCUT2D eigenvalue weighted by atomic mass is 10.1. The van der Waals surface area contributed by atoms with Crippen LogP contribution in [0.4, 0.5) is 0 Å². The van der Waals surface area contributed by atoms with Gasteiger partial charge in [-0.15, -0.1) is 0 Å². The predicted octanol–water partition coefficient (Wildman–Crippen LogP) is 4.49. The van der Waals surface area contributed by atoms with E-state index in [1.54, 1.807) is 12.1 Å². The summed E-state index contributed by atoms with van der Waals surface area (Å²) in [5.74, 6) is -0.470. The molecule has 0 aliphatic rings. The van der Waals surface area contributed by atoms with E-state index < -0.39 is 5.91 Å². The number of fused-ring (bicyclic) bond motifs is 1. The van der Waals surface area contributed by atoms with Gasteiger partial charge in [-0.2, -0.15) is 0 Å². The smallest absolute Gasteiger partial charge is 0.241 e. The van der Waals surface area contributed by atoms with Gasteiger partial charge in [-0.25, -0.2) is 0 Å². The Balaban J connectivity index is 2.05. The van der Waals surface area contributed by atoms with E-state index in [9.17, 15) is 4.79 Å². The summed E-state index contributed by atoms with van der Waals surface area (Å²) in [7, 11) is 0. The van der Waals surface area contributed by atoms with E-state index in [0.29, 0.717) is 16.6 Å². The zero-order valence-electron chi connectivity index (χ0n) is 12.2. The zero-order valence-corrected chi connectivity index (χ0v) is 13.7. The van der Waals surface area contributed by atoms with Crippen molar-refractivity contribution in [3.8, 4) is 0 Å². The first-order valence-corrected chi connectivity index (χ1v) is 7.79. The van der Waals surface area contributed by atoms with Crippen LogP contribution in [0.2, 0.25) is 10.0 Å². The van der Waals surface area contributed by atoms with Gasteiger partial charge in [0.05, 0.1) is 0 Å². The molecule has 0 saturated carbocycles. The van der Waals surface area contributed by atoms with Crippen LogP contribution in [0.3, 0.4) is 0 Å². The first-order valence-electron chi connectivity index (χ1n) is 7.04. The summed E-state index contributed by atoms with van der Waals surface area (Å²) in [6.45, 7) is 0.612. The highest BCUT2D eigenvalue weighted by Gasteiger charge is 2.09. The number of primary amides is 1. The summed E-state index contributed by atoms with van der Waals surface area (Å²) < 4.78 is 2.09. The maximum absolute atomic E-state index is 11.0. The summed E-state index contributed by atoms with van der Waals surface area (Å²) in [4.78, 5) is 11.0. The van der Waals surface area contributed by atoms with E-state index in [1.807, 2.05) is 42.6 Å². The van der Waals surface area contributed by atoms with Crippen LogP contribution in [-0.2, 0) is 11.3 Å². The lowest BCUT2D eigenvalue weighted by Gasteiger charge is -2.08. The minimum Gasteiger partial charge on any atom is -0.366 e. The highest BCUT2D eigenvalue weighted by Crippen LogP contribution is 2.26. The van der Waals surface area contributed by atoms with Crippen molar-refractivity contribution in [3.05, 3.63) is 75.9 Å². The molecule has 3 nitrogen and oxygen atoms in total. The molecule has 0 fully saturated rings. The monoisotopic (exact) mass is 344 g/mol. The molecule has 0 saturated heterocycles. The molecule has 0 aliphatic heterocycles. The Morgan fingerprint density at radius 2 is 1.96 bits per heavy atom. The third kappa shape index (κ3) is 3.41. The number of benzene rings is 2. The van der Waals surface area contributed by atoms with Gasteiger partial charge < -0.3 is 10.3 Å². The van der Waals surface area contributed by atoms with E-state index in [0.717, 1.165) is 22.0 Å². The Morgan fingerprint density at radius 1 is 1.17 bits per heavy atom. The SMILES string of the molecule is NC(=O)/C=C\c1cn(Cc2ccc(Cl)cc2Cl)c2ccccc12. The van der Waals surface area contributed by atoms with Crippen molar-refractivity contribution >= 4 is 46.1 Å². The number of para-hydroxylation sites is 1. The lowest BCUT2D eigenvalue weighted by Crippen LogP contribution is -2.05. The number of rotatable bonds is 4. The Morgan fingerprint density at radius 3 is 2.70 bits per heavy atom. The Hall–Kier alpha value is -2.23. The third-order valence-electron chi connectivity index (χ3n) is 3.60. The number of nitrogens with two attached hydrogens (primary N) is 1. The van der Waals surface area contributed by atoms with E-state index >= 15 is 0 Å². The van der Waals surface area contributed by atoms with E-state index in [-0.39, 0.29) is 0 Å². The van der Waals surface area contributed by atoms with Gasteiger partial charge in [0.2, 0.25) is 5.91 Å². The molecule has 0 spiro atoms. The molecule has 0 bridgehead atoms. The predicted molar refractivity (Wildman–Crippen MR) is 95.7 cm³/mol. The molecule has 1 amide bonds. The van der Waals surface area contributed by atoms with Crippen LogP contribution in [-0.4, -0.2) is 10.5 Å². The van der Waals surface area contributed by atoms with Crippen LogP contribution in [0.15, 0.2) is 54.7 Å². The quantitative estimate of drug-likeness (QED) is 0.696. The molecule has 2 aromatic carbocycles. The molecule has 2 N–H and O–H groups in total. The first kappa shape index (κ1) is 15.7. The van der Waals surface area contributed by atoms with Crippen LogP contribution in [0.25, 0.3) is 17.0 Å². The highest BCUT2D eigenvalue weighted by molar-refractivity contribution is 6.35. The molecule has 0 atom stereocenters. The van der Waals surface area contributed by atoms with Gasteiger partial charge in [-0.1, -0.05) is 47.5 Å². The van der Waals surface area contributed by atoms with Gasteiger partial charge in [0.25, 0.3) is 0 Å². The summed E-state index contributed by atoms with van der Waals surface area (Å²) in [6.07, 6.45) is 5.07. The van der Waals surface area contributed by atoms with Gasteiger partial charge in [0.15, 0.2) is 0 Å². The van der Waals surface area contributed by atoms with Crippen LogP contribution in [0.1, 0.15) is 11.1 Å². The maximum Gasteiger partial charge on any atom is 0.241 e. The second kappa shape index (κ2) is 6.49. The topological polar surface area (TPSA) is 48.0 Å². The number of hydrogen-bond acceptors (Lipinski definition) is 1. The molecule has 5 heteroatoms. The lowest BCUT2D eigenvalue weighted by molar-refractivity contribution is -0.113. The minimum atomic E-state index is -0.470. The molecule has 1 aromatic heterocycles. The van der Waals surface area contributed by atoms with Crippen LogP contribution >= 0.6 is 23.2 Å². The van der Waals surface area contributed by atoms with Crippen molar-refractivity contribution < 1.29 is 4.79 Å². The van der Waals surface area contributed by atoms with Crippen molar-refractivity contribution in [2.75, 3.05) is 0 Å². The highest BCUT2D eigenvalue weighted by atomic mass is 35.5. The summed E-state index contributed by atoms with van der Waals surface area (Å²) in [5.41, 5.74) is 8.15. The largest absolute Gasteiger partial charge is 0.366 e. The van der Waals surface area contributed by atoms with E-state index in [4.69, 9.17) is 28.9 Å². The zero-order chi connectivity index (χ0) is 16.4. The summed E-state index contributed by atoms with van der Waals surface area (Å²) >= 11 is 12.2. The molecule has 0 radical (unpaired) electrons. The summed E-state index contributed by atoms with van der Waals surface area (Å²) in [6, 6.07) is 13.4. The van der Waals surface area contributed by atoms with E-state index in [1.165, 1.54) is 6.08 Å². The van der Waals surface area contributed by atoms with Crippen molar-refractivity contribution in [2.45, 2.75) is 6.54 Å². The van der Waals surface area contributed by atoms with Crippen molar-refractivity contribution in [3.63, 3.8) is 0 Å². The number of carbonyl (C=O) groups is 1. The van der Waals surface area contributed by atoms with Crippen molar-refractivity contribution in [2.24, 2.45) is 5.73 Å². The van der Waals surface area contributed by atoms with Gasteiger partial charge in [0, 0.05) is 45.3 Å². The maximum atomic E-state index is 11.0. The second-order valence-electron chi connectivity index (χ2n) is 5.20. The molecule has 3 aromatic rings. The Labute approximate surface area is 143 Å². The average molecular weight is 345 g/mol. The third-order valence-corrected chi connectivity index (χ3v) is 4.19. The van der Waals surface area contributed by atoms with Gasteiger partial charge in [-0.05, 0) is 29.8 Å². The van der Waals surface area contributed by atoms with E-state index in [2.05, 4.69) is 4.57 Å². The molecule has 116 valence electrons. The van der Waals surface area contributed by atoms with Crippen LogP contribution in [0.5, 0.6) is 0 Å². The molecule has 0 unspecified atom stereocenters. The fraction of sp³-hybridized carbons (Fsp3) is 0.0556. The molecule has 1 heterocycles. The molecular formula is C18H14Cl2N2O. The molecule has 0 aliphatic carbocycles. The van der Waals surface area contributed by atoms with Gasteiger partial charge >= 0.3 is 0 Å². The van der Waals surface area contributed by atoms with Crippen LogP contribution < -0.4 is 5.73 Å².